The maximum absolute atomic E-state index is 12.4. The van der Waals surface area contributed by atoms with Crippen LogP contribution in [0.3, 0.4) is 0 Å². The predicted octanol–water partition coefficient (Wildman–Crippen LogP) is 2.29. The molecule has 0 saturated carbocycles. The number of ether oxygens (including phenoxy) is 2. The molecule has 0 aliphatic carbocycles. The Hall–Kier alpha value is -2.84. The number of carbonyl (C=O) groups is 2. The van der Waals surface area contributed by atoms with Gasteiger partial charge in [0.1, 0.15) is 23.0 Å². The van der Waals surface area contributed by atoms with E-state index in [9.17, 15) is 9.59 Å². The van der Waals surface area contributed by atoms with E-state index >= 15 is 0 Å². The Morgan fingerprint density at radius 2 is 1.70 bits per heavy atom. The number of amides is 1. The van der Waals surface area contributed by atoms with E-state index < -0.39 is 5.97 Å². The van der Waals surface area contributed by atoms with Gasteiger partial charge in [-0.3, -0.25) is 0 Å². The number of nitrogens with zero attached hydrogens (tertiary/aromatic N) is 4. The normalized spacial score (nSPS) is 14.5. The summed E-state index contributed by atoms with van der Waals surface area (Å²) in [6.07, 6.45) is -0.312. The van der Waals surface area contributed by atoms with E-state index in [2.05, 4.69) is 9.97 Å². The summed E-state index contributed by atoms with van der Waals surface area (Å²) in [6, 6.07) is 0. The molecule has 0 radical (unpaired) electrons. The number of aryl methyl sites for hydroxylation is 2. The molecule has 2 aromatic heterocycles. The van der Waals surface area contributed by atoms with Crippen molar-refractivity contribution in [2.75, 3.05) is 44.3 Å². The van der Waals surface area contributed by atoms with Crippen molar-refractivity contribution < 1.29 is 23.5 Å². The lowest BCUT2D eigenvalue weighted by atomic mass is 10.1. The number of anilines is 1. The maximum Gasteiger partial charge on any atom is 0.409 e. The van der Waals surface area contributed by atoms with Crippen LogP contribution in [-0.2, 0) is 9.47 Å². The van der Waals surface area contributed by atoms with Crippen LogP contribution in [0.15, 0.2) is 4.42 Å². The summed E-state index contributed by atoms with van der Waals surface area (Å²) in [5, 5.41) is 0.557. The zero-order chi connectivity index (χ0) is 19.6. The third kappa shape index (κ3) is 3.67. The van der Waals surface area contributed by atoms with Crippen molar-refractivity contribution in [2.24, 2.45) is 0 Å². The molecular weight excluding hydrogens is 352 g/mol. The summed E-state index contributed by atoms with van der Waals surface area (Å²) in [7, 11) is 0. The average molecular weight is 376 g/mol. The number of fused-ring (bicyclic) bond motifs is 1. The minimum Gasteiger partial charge on any atom is -0.462 e. The van der Waals surface area contributed by atoms with Gasteiger partial charge in [-0.1, -0.05) is 0 Å². The summed E-state index contributed by atoms with van der Waals surface area (Å²) in [5.74, 6) is 1.18. The lowest BCUT2D eigenvalue weighted by molar-refractivity contribution is 0.0526. The molecule has 0 aromatic carbocycles. The number of piperazine rings is 1. The van der Waals surface area contributed by atoms with E-state index in [-0.39, 0.29) is 12.7 Å². The van der Waals surface area contributed by atoms with Gasteiger partial charge in [0.25, 0.3) is 0 Å². The Bertz CT molecular complexity index is 855. The number of esters is 1. The second-order valence-electron chi connectivity index (χ2n) is 6.20. The Labute approximate surface area is 157 Å². The van der Waals surface area contributed by atoms with Crippen LogP contribution in [0.5, 0.6) is 0 Å². The van der Waals surface area contributed by atoms with Gasteiger partial charge in [-0.05, 0) is 27.7 Å². The molecule has 0 N–H and O–H groups in total. The fourth-order valence-corrected chi connectivity index (χ4v) is 3.19. The summed E-state index contributed by atoms with van der Waals surface area (Å²) < 4.78 is 15.9. The molecule has 146 valence electrons. The monoisotopic (exact) mass is 376 g/mol. The van der Waals surface area contributed by atoms with Crippen LogP contribution in [-0.4, -0.2) is 66.3 Å². The molecule has 9 nitrogen and oxygen atoms in total. The van der Waals surface area contributed by atoms with E-state index in [1.54, 1.807) is 32.6 Å². The molecule has 3 heterocycles. The topological polar surface area (TPSA) is 98.0 Å². The van der Waals surface area contributed by atoms with E-state index in [0.29, 0.717) is 66.9 Å². The first-order chi connectivity index (χ1) is 13.0. The lowest BCUT2D eigenvalue weighted by Crippen LogP contribution is -2.49. The van der Waals surface area contributed by atoms with Crippen molar-refractivity contribution in [3.05, 3.63) is 17.1 Å². The molecule has 2 aromatic rings. The van der Waals surface area contributed by atoms with Crippen molar-refractivity contribution in [1.82, 2.24) is 14.9 Å². The predicted molar refractivity (Wildman–Crippen MR) is 98.0 cm³/mol. The number of furan rings is 1. The second kappa shape index (κ2) is 7.81. The first kappa shape index (κ1) is 18.9. The zero-order valence-corrected chi connectivity index (χ0v) is 16.1. The summed E-state index contributed by atoms with van der Waals surface area (Å²) >= 11 is 0. The van der Waals surface area contributed by atoms with Crippen molar-refractivity contribution >= 4 is 29.0 Å². The van der Waals surface area contributed by atoms with E-state index in [4.69, 9.17) is 13.9 Å². The largest absolute Gasteiger partial charge is 0.462 e. The number of aromatic nitrogens is 2. The van der Waals surface area contributed by atoms with Crippen LogP contribution in [0.2, 0.25) is 0 Å². The van der Waals surface area contributed by atoms with Gasteiger partial charge in [-0.25, -0.2) is 14.6 Å². The molecule has 0 atom stereocenters. The number of rotatable bonds is 4. The van der Waals surface area contributed by atoms with Gasteiger partial charge >= 0.3 is 12.1 Å². The fraction of sp³-hybridized carbons (Fsp3) is 0.556. The highest BCUT2D eigenvalue weighted by atomic mass is 16.6. The summed E-state index contributed by atoms with van der Waals surface area (Å²) in [6.45, 7) is 9.80. The third-order valence-corrected chi connectivity index (χ3v) is 4.41. The highest BCUT2D eigenvalue weighted by Crippen LogP contribution is 2.33. The standard InChI is InChI=1S/C18H24N4O5/c1-5-25-17(23)13-11(3)27-16-14(13)15(19-12(4)20-16)21-7-9-22(10-8-21)18(24)26-6-2/h5-10H2,1-4H3. The average Bonchev–Trinajstić information content (AvgIpc) is 2.97. The number of hydrogen-bond acceptors (Lipinski definition) is 8. The molecule has 9 heteroatoms. The van der Waals surface area contributed by atoms with E-state index in [1.807, 2.05) is 4.90 Å². The smallest absolute Gasteiger partial charge is 0.409 e. The van der Waals surface area contributed by atoms with Gasteiger partial charge in [-0.2, -0.15) is 4.98 Å². The van der Waals surface area contributed by atoms with Crippen molar-refractivity contribution in [3.8, 4) is 0 Å². The van der Waals surface area contributed by atoms with Crippen molar-refractivity contribution in [1.29, 1.82) is 0 Å². The van der Waals surface area contributed by atoms with Crippen LogP contribution in [0.25, 0.3) is 11.1 Å². The molecule has 0 spiro atoms. The molecule has 1 saturated heterocycles. The van der Waals surface area contributed by atoms with Gasteiger partial charge in [0, 0.05) is 26.2 Å². The van der Waals surface area contributed by atoms with E-state index in [0.717, 1.165) is 0 Å². The minimum absolute atomic E-state index is 0.269. The first-order valence-electron chi connectivity index (χ1n) is 9.07. The van der Waals surface area contributed by atoms with Crippen LogP contribution in [0, 0.1) is 13.8 Å². The third-order valence-electron chi connectivity index (χ3n) is 4.41. The molecule has 1 amide bonds. The Balaban J connectivity index is 1.95. The van der Waals surface area contributed by atoms with Gasteiger partial charge in [-0.15, -0.1) is 0 Å². The Morgan fingerprint density at radius 3 is 2.33 bits per heavy atom. The fourth-order valence-electron chi connectivity index (χ4n) is 3.19. The van der Waals surface area contributed by atoms with Crippen molar-refractivity contribution in [3.63, 3.8) is 0 Å². The molecular formula is C18H24N4O5. The van der Waals surface area contributed by atoms with Gasteiger partial charge < -0.3 is 23.7 Å². The highest BCUT2D eigenvalue weighted by Gasteiger charge is 2.29. The van der Waals surface area contributed by atoms with Crippen LogP contribution in [0.1, 0.15) is 35.8 Å². The molecule has 3 rings (SSSR count). The Morgan fingerprint density at radius 1 is 1.04 bits per heavy atom. The molecule has 1 fully saturated rings. The lowest BCUT2D eigenvalue weighted by Gasteiger charge is -2.35. The second-order valence-corrected chi connectivity index (χ2v) is 6.20. The Kier molecular flexibility index (Phi) is 5.48. The molecule has 0 bridgehead atoms. The SMILES string of the molecule is CCOC(=O)c1c(C)oc2nc(C)nc(N3CCN(C(=O)OCC)CC3)c12. The van der Waals surface area contributed by atoms with Crippen LogP contribution in [0.4, 0.5) is 10.6 Å². The maximum atomic E-state index is 12.4. The van der Waals surface area contributed by atoms with E-state index in [1.165, 1.54) is 0 Å². The molecule has 1 aliphatic rings. The first-order valence-corrected chi connectivity index (χ1v) is 9.07. The van der Waals surface area contributed by atoms with Crippen LogP contribution < -0.4 is 4.90 Å². The van der Waals surface area contributed by atoms with Gasteiger partial charge in [0.15, 0.2) is 0 Å². The highest BCUT2D eigenvalue weighted by molar-refractivity contribution is 6.08. The quantitative estimate of drug-likeness (QED) is 0.750. The molecule has 0 unspecified atom stereocenters. The molecule has 1 aliphatic heterocycles. The zero-order valence-electron chi connectivity index (χ0n) is 16.1. The summed E-state index contributed by atoms with van der Waals surface area (Å²) in [5.41, 5.74) is 0.723. The molecule has 27 heavy (non-hydrogen) atoms. The number of hydrogen-bond donors (Lipinski definition) is 0. The van der Waals surface area contributed by atoms with Gasteiger partial charge in [0.2, 0.25) is 5.71 Å². The minimum atomic E-state index is -0.451. The van der Waals surface area contributed by atoms with Gasteiger partial charge in [0.05, 0.1) is 18.6 Å². The number of carbonyl (C=O) groups excluding carboxylic acids is 2. The van der Waals surface area contributed by atoms with Crippen LogP contribution >= 0.6 is 0 Å². The summed E-state index contributed by atoms with van der Waals surface area (Å²) in [4.78, 5) is 36.9. The van der Waals surface area contributed by atoms with Crippen molar-refractivity contribution in [2.45, 2.75) is 27.7 Å².